The van der Waals surface area contributed by atoms with E-state index in [4.69, 9.17) is 5.11 Å². The highest BCUT2D eigenvalue weighted by atomic mass is 16.4. The third-order valence-corrected chi connectivity index (χ3v) is 5.25. The summed E-state index contributed by atoms with van der Waals surface area (Å²) in [7, 11) is 0. The molecule has 2 heterocycles. The zero-order chi connectivity index (χ0) is 19.8. The predicted octanol–water partition coefficient (Wildman–Crippen LogP) is 2.13. The first kappa shape index (κ1) is 18.0. The Bertz CT molecular complexity index is 1030. The summed E-state index contributed by atoms with van der Waals surface area (Å²) in [5.74, 6) is -2.33. The number of fused-ring (bicyclic) bond motifs is 1. The van der Waals surface area contributed by atoms with E-state index in [0.29, 0.717) is 11.1 Å². The molecule has 0 unspecified atom stereocenters. The lowest BCUT2D eigenvalue weighted by atomic mass is 10.0. The van der Waals surface area contributed by atoms with E-state index in [1.165, 1.54) is 6.08 Å². The van der Waals surface area contributed by atoms with Crippen LogP contribution in [0.5, 0.6) is 0 Å². The topological polar surface area (TPSA) is 109 Å². The maximum absolute atomic E-state index is 12.9. The number of aliphatic carboxylic acids is 1. The molecule has 8 nitrogen and oxygen atoms in total. The SMILES string of the molecule is O=C(O)Cn1cc(C=C2C(=O)NC(=O)N(C3CCCC3)C2=O)c2ccccc21. The number of urea groups is 1. The van der Waals surface area contributed by atoms with Crippen LogP contribution in [0, 0.1) is 0 Å². The number of hydrogen-bond acceptors (Lipinski definition) is 4. The summed E-state index contributed by atoms with van der Waals surface area (Å²) in [6.07, 6.45) is 6.39. The van der Waals surface area contributed by atoms with E-state index < -0.39 is 23.8 Å². The number of carboxylic acids is 1. The van der Waals surface area contributed by atoms with Gasteiger partial charge in [-0.2, -0.15) is 0 Å². The number of carboxylic acid groups (broad SMARTS) is 1. The molecule has 0 atom stereocenters. The summed E-state index contributed by atoms with van der Waals surface area (Å²) in [6.45, 7) is -0.240. The minimum atomic E-state index is -0.996. The molecule has 2 aromatic rings. The average molecular weight is 381 g/mol. The number of amides is 4. The second-order valence-electron chi connectivity index (χ2n) is 7.05. The van der Waals surface area contributed by atoms with Gasteiger partial charge in [0.2, 0.25) is 0 Å². The van der Waals surface area contributed by atoms with Crippen LogP contribution in [-0.4, -0.2) is 44.4 Å². The number of hydrogen-bond donors (Lipinski definition) is 2. The van der Waals surface area contributed by atoms with Gasteiger partial charge in [-0.25, -0.2) is 4.79 Å². The summed E-state index contributed by atoms with van der Waals surface area (Å²) >= 11 is 0. The number of imide groups is 2. The van der Waals surface area contributed by atoms with Gasteiger partial charge in [-0.1, -0.05) is 31.0 Å². The fourth-order valence-electron chi connectivity index (χ4n) is 3.99. The number of para-hydroxylation sites is 1. The molecule has 1 aliphatic carbocycles. The third-order valence-electron chi connectivity index (χ3n) is 5.25. The first-order valence-corrected chi connectivity index (χ1v) is 9.16. The van der Waals surface area contributed by atoms with Gasteiger partial charge in [0.25, 0.3) is 11.8 Å². The second kappa shape index (κ2) is 6.95. The second-order valence-corrected chi connectivity index (χ2v) is 7.05. The van der Waals surface area contributed by atoms with E-state index >= 15 is 0 Å². The van der Waals surface area contributed by atoms with E-state index in [9.17, 15) is 19.2 Å². The van der Waals surface area contributed by atoms with Gasteiger partial charge in [0.05, 0.1) is 0 Å². The van der Waals surface area contributed by atoms with Crippen molar-refractivity contribution in [2.24, 2.45) is 0 Å². The van der Waals surface area contributed by atoms with Crippen LogP contribution >= 0.6 is 0 Å². The molecule has 0 radical (unpaired) electrons. The van der Waals surface area contributed by atoms with E-state index in [0.717, 1.165) is 36.0 Å². The van der Waals surface area contributed by atoms with Gasteiger partial charge in [0.15, 0.2) is 0 Å². The number of nitrogens with zero attached hydrogens (tertiary/aromatic N) is 2. The van der Waals surface area contributed by atoms with Gasteiger partial charge in [-0.05, 0) is 25.0 Å². The lowest BCUT2D eigenvalue weighted by Crippen LogP contribution is -2.57. The normalized spacial score (nSPS) is 19.6. The Morgan fingerprint density at radius 3 is 2.61 bits per heavy atom. The fourth-order valence-corrected chi connectivity index (χ4v) is 3.99. The highest BCUT2D eigenvalue weighted by Crippen LogP contribution is 2.29. The van der Waals surface area contributed by atoms with Crippen LogP contribution in [0.1, 0.15) is 31.2 Å². The molecule has 2 fully saturated rings. The molecule has 28 heavy (non-hydrogen) atoms. The number of aromatic nitrogens is 1. The van der Waals surface area contributed by atoms with Gasteiger partial charge in [-0.15, -0.1) is 0 Å². The minimum absolute atomic E-state index is 0.121. The van der Waals surface area contributed by atoms with Crippen molar-refractivity contribution in [1.82, 2.24) is 14.8 Å². The van der Waals surface area contributed by atoms with Crippen LogP contribution < -0.4 is 5.32 Å². The number of benzene rings is 1. The lowest BCUT2D eigenvalue weighted by Gasteiger charge is -2.31. The average Bonchev–Trinajstić information content (AvgIpc) is 3.27. The summed E-state index contributed by atoms with van der Waals surface area (Å²) in [6, 6.07) is 6.29. The Balaban J connectivity index is 1.77. The quantitative estimate of drug-likeness (QED) is 0.623. The van der Waals surface area contributed by atoms with Gasteiger partial charge in [0, 0.05) is 28.7 Å². The van der Waals surface area contributed by atoms with Crippen LogP contribution in [0.25, 0.3) is 17.0 Å². The van der Waals surface area contributed by atoms with Crippen LogP contribution in [0.3, 0.4) is 0 Å². The zero-order valence-corrected chi connectivity index (χ0v) is 15.1. The highest BCUT2D eigenvalue weighted by molar-refractivity contribution is 6.31. The van der Waals surface area contributed by atoms with Crippen molar-refractivity contribution < 1.29 is 24.3 Å². The molecular formula is C20H19N3O5. The molecule has 1 saturated heterocycles. The Morgan fingerprint density at radius 2 is 1.89 bits per heavy atom. The van der Waals surface area contributed by atoms with Crippen molar-refractivity contribution in [3.63, 3.8) is 0 Å². The Labute approximate surface area is 160 Å². The highest BCUT2D eigenvalue weighted by Gasteiger charge is 2.40. The van der Waals surface area contributed by atoms with Crippen molar-refractivity contribution in [3.8, 4) is 0 Å². The Morgan fingerprint density at radius 1 is 1.18 bits per heavy atom. The van der Waals surface area contributed by atoms with Gasteiger partial charge in [0.1, 0.15) is 12.1 Å². The fraction of sp³-hybridized carbons (Fsp3) is 0.300. The first-order chi connectivity index (χ1) is 13.5. The van der Waals surface area contributed by atoms with Gasteiger partial charge in [-0.3, -0.25) is 24.6 Å². The first-order valence-electron chi connectivity index (χ1n) is 9.16. The molecule has 0 spiro atoms. The number of rotatable bonds is 4. The Kier molecular flexibility index (Phi) is 4.46. The molecule has 4 rings (SSSR count). The molecule has 144 valence electrons. The van der Waals surface area contributed by atoms with Crippen LogP contribution in [0.2, 0.25) is 0 Å². The van der Waals surface area contributed by atoms with Crippen LogP contribution in [0.4, 0.5) is 4.79 Å². The lowest BCUT2D eigenvalue weighted by molar-refractivity contribution is -0.137. The smallest absolute Gasteiger partial charge is 0.331 e. The molecule has 0 bridgehead atoms. The van der Waals surface area contributed by atoms with Crippen LogP contribution in [0.15, 0.2) is 36.0 Å². The zero-order valence-electron chi connectivity index (χ0n) is 15.1. The third kappa shape index (κ3) is 3.06. The molecular weight excluding hydrogens is 362 g/mol. The van der Waals surface area contributed by atoms with E-state index in [-0.39, 0.29) is 18.2 Å². The van der Waals surface area contributed by atoms with Crippen molar-refractivity contribution in [2.45, 2.75) is 38.3 Å². The van der Waals surface area contributed by atoms with Gasteiger partial charge < -0.3 is 9.67 Å². The van der Waals surface area contributed by atoms with Crippen molar-refractivity contribution in [3.05, 3.63) is 41.6 Å². The molecule has 1 aliphatic heterocycles. The van der Waals surface area contributed by atoms with Crippen molar-refractivity contribution in [1.29, 1.82) is 0 Å². The minimum Gasteiger partial charge on any atom is -0.480 e. The summed E-state index contributed by atoms with van der Waals surface area (Å²) in [4.78, 5) is 49.8. The number of nitrogens with one attached hydrogen (secondary N) is 1. The van der Waals surface area contributed by atoms with Crippen LogP contribution in [-0.2, 0) is 20.9 Å². The summed E-state index contributed by atoms with van der Waals surface area (Å²) in [5.41, 5.74) is 1.12. The maximum atomic E-state index is 12.9. The van der Waals surface area contributed by atoms with E-state index in [2.05, 4.69) is 5.32 Å². The standard InChI is InChI=1S/C20H19N3O5/c24-17(25)11-22-10-12(14-7-3-4-8-16(14)22)9-15-18(26)21-20(28)23(19(15)27)13-5-1-2-6-13/h3-4,7-10,13H,1-2,5-6,11H2,(H,24,25)(H,21,26,28). The largest absolute Gasteiger partial charge is 0.480 e. The van der Waals surface area contributed by atoms with E-state index in [1.54, 1.807) is 35.0 Å². The number of carbonyl (C=O) groups is 4. The van der Waals surface area contributed by atoms with Crippen molar-refractivity contribution in [2.75, 3.05) is 0 Å². The maximum Gasteiger partial charge on any atom is 0.331 e. The van der Waals surface area contributed by atoms with E-state index in [1.807, 2.05) is 0 Å². The molecule has 1 aromatic heterocycles. The van der Waals surface area contributed by atoms with Gasteiger partial charge >= 0.3 is 12.0 Å². The predicted molar refractivity (Wildman–Crippen MR) is 100 cm³/mol. The summed E-state index contributed by atoms with van der Waals surface area (Å²) < 4.78 is 1.55. The molecule has 4 amide bonds. The molecule has 1 aromatic carbocycles. The molecule has 2 aliphatic rings. The summed E-state index contributed by atoms with van der Waals surface area (Å²) in [5, 5.41) is 12.1. The number of barbiturate groups is 1. The number of carbonyl (C=O) groups excluding carboxylic acids is 3. The monoisotopic (exact) mass is 381 g/mol. The molecule has 1 saturated carbocycles. The Hall–Kier alpha value is -3.42. The molecule has 2 N–H and O–H groups in total. The molecule has 8 heteroatoms. The van der Waals surface area contributed by atoms with Crippen molar-refractivity contribution >= 4 is 40.8 Å².